The minimum atomic E-state index is -0.338. The number of rotatable bonds is 2. The molecule has 0 saturated carbocycles. The molecule has 0 radical (unpaired) electrons. The van der Waals surface area contributed by atoms with E-state index in [0.29, 0.717) is 23.3 Å². The summed E-state index contributed by atoms with van der Waals surface area (Å²) >= 11 is 0. The van der Waals surface area contributed by atoms with Gasteiger partial charge in [-0.3, -0.25) is 0 Å². The number of nitrogens with zero attached hydrogens (tertiary/aromatic N) is 4. The highest BCUT2D eigenvalue weighted by Crippen LogP contribution is 2.33. The molecule has 0 spiro atoms. The minimum Gasteiger partial charge on any atom is -0.384 e. The Balaban J connectivity index is 2.10. The van der Waals surface area contributed by atoms with E-state index in [9.17, 15) is 5.26 Å². The molecule has 106 valence electrons. The van der Waals surface area contributed by atoms with Crippen molar-refractivity contribution >= 4 is 5.95 Å². The number of nitrogens with one attached hydrogen (secondary N) is 1. The molecular formula is C15H16N6. The molecule has 1 aromatic carbocycles. The van der Waals surface area contributed by atoms with Gasteiger partial charge < -0.3 is 11.1 Å². The molecular weight excluding hydrogens is 264 g/mol. The molecule has 6 nitrogen and oxygen atoms in total. The number of fused-ring (bicyclic) bond motifs is 1. The fourth-order valence-electron chi connectivity index (χ4n) is 2.48. The second kappa shape index (κ2) is 4.94. The lowest BCUT2D eigenvalue weighted by Crippen LogP contribution is -2.28. The molecule has 6 heteroatoms. The van der Waals surface area contributed by atoms with Gasteiger partial charge in [0.25, 0.3) is 0 Å². The molecule has 0 amide bonds. The minimum absolute atomic E-state index is 0.330. The lowest BCUT2D eigenvalue weighted by molar-refractivity contribution is 0.585. The van der Waals surface area contributed by atoms with Crippen LogP contribution >= 0.6 is 0 Å². The zero-order valence-corrected chi connectivity index (χ0v) is 11.9. The molecule has 2 heterocycles. The predicted molar refractivity (Wildman–Crippen MR) is 79.1 cm³/mol. The highest BCUT2D eigenvalue weighted by molar-refractivity contribution is 5.51. The zero-order valence-electron chi connectivity index (χ0n) is 11.9. The number of benzene rings is 1. The first kappa shape index (κ1) is 13.2. The summed E-state index contributed by atoms with van der Waals surface area (Å²) in [6.07, 6.45) is 1.45. The van der Waals surface area contributed by atoms with Gasteiger partial charge in [0.2, 0.25) is 5.95 Å². The van der Waals surface area contributed by atoms with E-state index in [-0.39, 0.29) is 6.04 Å². The van der Waals surface area contributed by atoms with E-state index in [4.69, 9.17) is 5.73 Å². The fourth-order valence-corrected chi connectivity index (χ4v) is 2.48. The second-order valence-electron chi connectivity index (χ2n) is 5.32. The van der Waals surface area contributed by atoms with Crippen molar-refractivity contribution in [3.05, 3.63) is 53.1 Å². The molecule has 0 aliphatic carbocycles. The number of aromatic nitrogens is 3. The van der Waals surface area contributed by atoms with Crippen molar-refractivity contribution in [2.24, 2.45) is 5.73 Å². The lowest BCUT2D eigenvalue weighted by atomic mass is 9.95. The van der Waals surface area contributed by atoms with Crippen molar-refractivity contribution in [3.8, 4) is 6.07 Å². The number of allylic oxidation sites excluding steroid dienone is 1. The monoisotopic (exact) mass is 280 g/mol. The van der Waals surface area contributed by atoms with Crippen LogP contribution in [0.3, 0.4) is 0 Å². The van der Waals surface area contributed by atoms with E-state index in [1.54, 1.807) is 4.68 Å². The van der Waals surface area contributed by atoms with Crippen molar-refractivity contribution < 1.29 is 0 Å². The average Bonchev–Trinajstić information content (AvgIpc) is 2.93. The van der Waals surface area contributed by atoms with Crippen molar-refractivity contribution in [3.63, 3.8) is 0 Å². The molecule has 1 unspecified atom stereocenters. The Morgan fingerprint density at radius 3 is 2.67 bits per heavy atom. The highest BCUT2D eigenvalue weighted by Gasteiger charge is 2.29. The van der Waals surface area contributed by atoms with Crippen LogP contribution in [0.1, 0.15) is 36.9 Å². The van der Waals surface area contributed by atoms with Gasteiger partial charge >= 0.3 is 0 Å². The van der Waals surface area contributed by atoms with Crippen molar-refractivity contribution in [2.45, 2.75) is 25.8 Å². The number of hydrogen-bond acceptors (Lipinski definition) is 5. The van der Waals surface area contributed by atoms with Crippen LogP contribution in [0.5, 0.6) is 0 Å². The Morgan fingerprint density at radius 2 is 2.05 bits per heavy atom. The third-order valence-electron chi connectivity index (χ3n) is 3.67. The maximum absolute atomic E-state index is 9.41. The number of hydrogen-bond donors (Lipinski definition) is 2. The van der Waals surface area contributed by atoms with E-state index in [0.717, 1.165) is 5.56 Å². The van der Waals surface area contributed by atoms with Gasteiger partial charge in [-0.25, -0.2) is 4.68 Å². The molecule has 1 aromatic heterocycles. The van der Waals surface area contributed by atoms with Crippen LogP contribution in [0, 0.1) is 11.3 Å². The van der Waals surface area contributed by atoms with Crippen LogP contribution in [-0.4, -0.2) is 14.8 Å². The van der Waals surface area contributed by atoms with E-state index < -0.39 is 0 Å². The zero-order chi connectivity index (χ0) is 15.0. The molecule has 2 aromatic rings. The third kappa shape index (κ3) is 2.13. The molecule has 0 fully saturated rings. The van der Waals surface area contributed by atoms with Crippen LogP contribution in [0.15, 0.2) is 42.0 Å². The van der Waals surface area contributed by atoms with Crippen LogP contribution in [0.25, 0.3) is 0 Å². The SMILES string of the molecule is CC(C)c1ccc(C2C(C#N)=C(N)Nc3ncnn32)cc1. The van der Waals surface area contributed by atoms with E-state index >= 15 is 0 Å². The van der Waals surface area contributed by atoms with Crippen LogP contribution in [-0.2, 0) is 0 Å². The lowest BCUT2D eigenvalue weighted by Gasteiger charge is -2.25. The summed E-state index contributed by atoms with van der Waals surface area (Å²) in [4.78, 5) is 4.11. The molecule has 21 heavy (non-hydrogen) atoms. The molecule has 1 atom stereocenters. The van der Waals surface area contributed by atoms with E-state index in [2.05, 4.69) is 47.4 Å². The summed E-state index contributed by atoms with van der Waals surface area (Å²) in [5.41, 5.74) is 8.60. The van der Waals surface area contributed by atoms with Crippen LogP contribution in [0.4, 0.5) is 5.95 Å². The molecule has 0 saturated heterocycles. The van der Waals surface area contributed by atoms with E-state index in [1.807, 2.05) is 12.1 Å². The van der Waals surface area contributed by atoms with Crippen LogP contribution in [0.2, 0.25) is 0 Å². The van der Waals surface area contributed by atoms with Gasteiger partial charge in [-0.05, 0) is 17.0 Å². The standard InChI is InChI=1S/C15H16N6/c1-9(2)10-3-5-11(6-4-10)13-12(7-16)14(17)20-15-18-8-19-21(13)15/h3-6,8-9,13H,17H2,1-2H3,(H,18,19,20). The van der Waals surface area contributed by atoms with Gasteiger partial charge in [0, 0.05) is 0 Å². The molecule has 0 bridgehead atoms. The molecule has 3 rings (SSSR count). The maximum Gasteiger partial charge on any atom is 0.227 e. The normalized spacial score (nSPS) is 17.3. The van der Waals surface area contributed by atoms with Gasteiger partial charge in [-0.15, -0.1) is 0 Å². The Morgan fingerprint density at radius 1 is 1.33 bits per heavy atom. The highest BCUT2D eigenvalue weighted by atomic mass is 15.4. The van der Waals surface area contributed by atoms with Crippen LogP contribution < -0.4 is 11.1 Å². The Bertz CT molecular complexity index is 732. The number of anilines is 1. The van der Waals surface area contributed by atoms with Gasteiger partial charge in [0.05, 0.1) is 5.57 Å². The smallest absolute Gasteiger partial charge is 0.227 e. The first-order valence-electron chi connectivity index (χ1n) is 6.78. The largest absolute Gasteiger partial charge is 0.384 e. The Labute approximate surface area is 122 Å². The first-order valence-corrected chi connectivity index (χ1v) is 6.78. The summed E-state index contributed by atoms with van der Waals surface area (Å²) in [5, 5.41) is 16.5. The summed E-state index contributed by atoms with van der Waals surface area (Å²) in [5.74, 6) is 1.34. The fraction of sp³-hybridized carbons (Fsp3) is 0.267. The number of nitriles is 1. The Hall–Kier alpha value is -2.81. The maximum atomic E-state index is 9.41. The summed E-state index contributed by atoms with van der Waals surface area (Å²) in [6.45, 7) is 4.29. The molecule has 1 aliphatic rings. The molecule has 3 N–H and O–H groups in total. The third-order valence-corrected chi connectivity index (χ3v) is 3.67. The van der Waals surface area contributed by atoms with Gasteiger partial charge in [0.15, 0.2) is 0 Å². The summed E-state index contributed by atoms with van der Waals surface area (Å²) in [7, 11) is 0. The quantitative estimate of drug-likeness (QED) is 0.879. The average molecular weight is 280 g/mol. The van der Waals surface area contributed by atoms with Crippen molar-refractivity contribution in [2.75, 3.05) is 5.32 Å². The van der Waals surface area contributed by atoms with Crippen molar-refractivity contribution in [1.29, 1.82) is 5.26 Å². The van der Waals surface area contributed by atoms with Gasteiger partial charge in [0.1, 0.15) is 24.3 Å². The van der Waals surface area contributed by atoms with Gasteiger partial charge in [-0.2, -0.15) is 15.3 Å². The second-order valence-corrected chi connectivity index (χ2v) is 5.32. The topological polar surface area (TPSA) is 92.6 Å². The summed E-state index contributed by atoms with van der Waals surface area (Å²) < 4.78 is 1.68. The first-order chi connectivity index (χ1) is 10.1. The predicted octanol–water partition coefficient (Wildman–Crippen LogP) is 2.11. The van der Waals surface area contributed by atoms with Crippen molar-refractivity contribution in [1.82, 2.24) is 14.8 Å². The Kier molecular flexibility index (Phi) is 3.10. The molecule has 1 aliphatic heterocycles. The summed E-state index contributed by atoms with van der Waals surface area (Å²) in [6, 6.07) is 10.0. The number of nitrogens with two attached hydrogens (primary N) is 1. The van der Waals surface area contributed by atoms with Gasteiger partial charge in [-0.1, -0.05) is 38.1 Å². The van der Waals surface area contributed by atoms with E-state index in [1.165, 1.54) is 11.9 Å².